The van der Waals surface area contributed by atoms with Gasteiger partial charge in [-0.15, -0.1) is 0 Å². The van der Waals surface area contributed by atoms with E-state index < -0.39 is 0 Å². The van der Waals surface area contributed by atoms with Gasteiger partial charge in [0.25, 0.3) is 0 Å². The molecule has 0 fully saturated rings. The van der Waals surface area contributed by atoms with Crippen molar-refractivity contribution in [2.24, 2.45) is 0 Å². The molecule has 1 N–H and O–H groups in total. The number of hydrogen-bond acceptors (Lipinski definition) is 4. The maximum Gasteiger partial charge on any atom is 0.134 e. The molecule has 0 bridgehead atoms. The fourth-order valence-electron chi connectivity index (χ4n) is 2.24. The Kier molecular flexibility index (Phi) is 6.51. The second-order valence-corrected chi connectivity index (χ2v) is 5.27. The van der Waals surface area contributed by atoms with Crippen LogP contribution < -0.4 is 5.32 Å². The van der Waals surface area contributed by atoms with E-state index in [1.165, 1.54) is 0 Å². The largest absolute Gasteiger partial charge is 0.459 e. The molecule has 4 nitrogen and oxygen atoms in total. The van der Waals surface area contributed by atoms with Crippen LogP contribution in [0.15, 0.2) is 28.7 Å². The summed E-state index contributed by atoms with van der Waals surface area (Å²) in [6.45, 7) is 4.86. The summed E-state index contributed by atoms with van der Waals surface area (Å²) in [6, 6.07) is 7.85. The highest BCUT2D eigenvalue weighted by molar-refractivity contribution is 6.31. The highest BCUT2D eigenvalue weighted by atomic mass is 35.5. The van der Waals surface area contributed by atoms with E-state index >= 15 is 0 Å². The van der Waals surface area contributed by atoms with Gasteiger partial charge in [0.1, 0.15) is 11.3 Å². The Morgan fingerprint density at radius 1 is 1.24 bits per heavy atom. The molecule has 1 unspecified atom stereocenters. The predicted octanol–water partition coefficient (Wildman–Crippen LogP) is 3.79. The molecule has 5 heteroatoms. The number of furan rings is 1. The summed E-state index contributed by atoms with van der Waals surface area (Å²) in [7, 11) is 1.67. The maximum atomic E-state index is 6.01. The van der Waals surface area contributed by atoms with Crippen molar-refractivity contribution < 1.29 is 13.9 Å². The van der Waals surface area contributed by atoms with Crippen LogP contribution in [-0.4, -0.2) is 33.5 Å². The van der Waals surface area contributed by atoms with Gasteiger partial charge >= 0.3 is 0 Å². The van der Waals surface area contributed by atoms with Crippen molar-refractivity contribution in [1.29, 1.82) is 0 Å². The first kappa shape index (κ1) is 16.3. The average molecular weight is 312 g/mol. The van der Waals surface area contributed by atoms with Crippen LogP contribution in [0.1, 0.15) is 25.1 Å². The number of benzene rings is 1. The summed E-state index contributed by atoms with van der Waals surface area (Å²) in [5.41, 5.74) is 0.859. The van der Waals surface area contributed by atoms with Crippen molar-refractivity contribution in [2.75, 3.05) is 33.5 Å². The second-order valence-electron chi connectivity index (χ2n) is 4.84. The minimum atomic E-state index is 0.142. The van der Waals surface area contributed by atoms with E-state index in [1.54, 1.807) is 7.11 Å². The molecule has 0 aliphatic rings. The molecule has 21 heavy (non-hydrogen) atoms. The third kappa shape index (κ3) is 4.71. The van der Waals surface area contributed by atoms with Gasteiger partial charge in [0.2, 0.25) is 0 Å². The summed E-state index contributed by atoms with van der Waals surface area (Å²) < 4.78 is 16.4. The predicted molar refractivity (Wildman–Crippen MR) is 85.0 cm³/mol. The monoisotopic (exact) mass is 311 g/mol. The molecule has 0 saturated carbocycles. The molecular weight excluding hydrogens is 290 g/mol. The van der Waals surface area contributed by atoms with Gasteiger partial charge in [0.15, 0.2) is 0 Å². The molecule has 0 aliphatic heterocycles. The van der Waals surface area contributed by atoms with Crippen LogP contribution in [-0.2, 0) is 9.47 Å². The van der Waals surface area contributed by atoms with E-state index in [4.69, 9.17) is 25.5 Å². The zero-order valence-electron chi connectivity index (χ0n) is 12.5. The summed E-state index contributed by atoms with van der Waals surface area (Å²) in [6.07, 6.45) is 0.852. The zero-order chi connectivity index (χ0) is 15.1. The summed E-state index contributed by atoms with van der Waals surface area (Å²) in [5.74, 6) is 0.921. The molecule has 1 aromatic carbocycles. The molecule has 116 valence electrons. The molecule has 0 spiro atoms. The standard InChI is InChI=1S/C16H22ClNO3/c1-3-18-14(6-7-20-9-8-19-2)16-11-12-10-13(17)4-5-15(12)21-16/h4-5,10-11,14,18H,3,6-9H2,1-2H3. The summed E-state index contributed by atoms with van der Waals surface area (Å²) in [4.78, 5) is 0. The number of nitrogens with one attached hydrogen (secondary N) is 1. The SMILES string of the molecule is CCNC(CCOCCOC)c1cc2cc(Cl)ccc2o1. The first-order valence-corrected chi connectivity index (χ1v) is 7.61. The van der Waals surface area contributed by atoms with Crippen molar-refractivity contribution >= 4 is 22.6 Å². The molecule has 2 aromatic rings. The van der Waals surface area contributed by atoms with Crippen LogP contribution in [0.4, 0.5) is 0 Å². The lowest BCUT2D eigenvalue weighted by molar-refractivity contribution is 0.0650. The van der Waals surface area contributed by atoms with Crippen LogP contribution >= 0.6 is 11.6 Å². The van der Waals surface area contributed by atoms with Gasteiger partial charge in [-0.3, -0.25) is 0 Å². The minimum Gasteiger partial charge on any atom is -0.459 e. The summed E-state index contributed by atoms with van der Waals surface area (Å²) >= 11 is 6.01. The fourth-order valence-corrected chi connectivity index (χ4v) is 2.42. The second kappa shape index (κ2) is 8.39. The van der Waals surface area contributed by atoms with Crippen molar-refractivity contribution in [3.63, 3.8) is 0 Å². The first-order valence-electron chi connectivity index (χ1n) is 7.23. The van der Waals surface area contributed by atoms with Gasteiger partial charge in [-0.1, -0.05) is 18.5 Å². The molecule has 0 saturated heterocycles. The summed E-state index contributed by atoms with van der Waals surface area (Å²) in [5, 5.41) is 5.18. The van der Waals surface area contributed by atoms with Crippen LogP contribution in [0.2, 0.25) is 5.02 Å². The van der Waals surface area contributed by atoms with E-state index in [-0.39, 0.29) is 6.04 Å². The Hall–Kier alpha value is -1.07. The Morgan fingerprint density at radius 3 is 2.86 bits per heavy atom. The van der Waals surface area contributed by atoms with Gasteiger partial charge in [0.05, 0.1) is 19.3 Å². The molecular formula is C16H22ClNO3. The Morgan fingerprint density at radius 2 is 2.10 bits per heavy atom. The van der Waals surface area contributed by atoms with E-state index in [0.29, 0.717) is 19.8 Å². The van der Waals surface area contributed by atoms with Gasteiger partial charge in [-0.2, -0.15) is 0 Å². The maximum absolute atomic E-state index is 6.01. The molecule has 1 aromatic heterocycles. The van der Waals surface area contributed by atoms with E-state index in [1.807, 2.05) is 24.3 Å². The zero-order valence-corrected chi connectivity index (χ0v) is 13.3. The van der Waals surface area contributed by atoms with Gasteiger partial charge < -0.3 is 19.2 Å². The Labute approximate surface area is 130 Å². The third-order valence-electron chi connectivity index (χ3n) is 3.27. The van der Waals surface area contributed by atoms with Crippen LogP contribution in [0.5, 0.6) is 0 Å². The molecule has 0 aliphatic carbocycles. The van der Waals surface area contributed by atoms with Crippen molar-refractivity contribution in [3.05, 3.63) is 35.0 Å². The van der Waals surface area contributed by atoms with Gasteiger partial charge in [-0.25, -0.2) is 0 Å². The molecule has 0 amide bonds. The highest BCUT2D eigenvalue weighted by Gasteiger charge is 2.15. The lowest BCUT2D eigenvalue weighted by Crippen LogP contribution is -2.22. The first-order chi connectivity index (χ1) is 10.2. The van der Waals surface area contributed by atoms with Crippen molar-refractivity contribution in [1.82, 2.24) is 5.32 Å². The minimum absolute atomic E-state index is 0.142. The van der Waals surface area contributed by atoms with E-state index in [0.717, 1.165) is 34.7 Å². The van der Waals surface area contributed by atoms with Gasteiger partial charge in [-0.05, 0) is 37.2 Å². The van der Waals surface area contributed by atoms with Crippen LogP contribution in [0.3, 0.4) is 0 Å². The number of rotatable bonds is 9. The number of hydrogen-bond donors (Lipinski definition) is 1. The van der Waals surface area contributed by atoms with Crippen LogP contribution in [0.25, 0.3) is 11.0 Å². The van der Waals surface area contributed by atoms with Crippen LogP contribution in [0, 0.1) is 0 Å². The highest BCUT2D eigenvalue weighted by Crippen LogP contribution is 2.27. The Bertz CT molecular complexity index is 555. The third-order valence-corrected chi connectivity index (χ3v) is 3.51. The number of halogens is 1. The number of fused-ring (bicyclic) bond motifs is 1. The number of ether oxygens (including phenoxy) is 2. The average Bonchev–Trinajstić information content (AvgIpc) is 2.88. The molecule has 1 heterocycles. The molecule has 0 radical (unpaired) electrons. The van der Waals surface area contributed by atoms with Gasteiger partial charge in [0, 0.05) is 24.1 Å². The smallest absolute Gasteiger partial charge is 0.134 e. The Balaban J connectivity index is 2.01. The quantitative estimate of drug-likeness (QED) is 0.716. The lowest BCUT2D eigenvalue weighted by Gasteiger charge is -2.15. The lowest BCUT2D eigenvalue weighted by atomic mass is 10.1. The fraction of sp³-hybridized carbons (Fsp3) is 0.500. The molecule has 1 atom stereocenters. The normalized spacial score (nSPS) is 12.9. The van der Waals surface area contributed by atoms with E-state index in [2.05, 4.69) is 12.2 Å². The topological polar surface area (TPSA) is 43.6 Å². The molecule has 2 rings (SSSR count). The van der Waals surface area contributed by atoms with Crippen molar-refractivity contribution in [2.45, 2.75) is 19.4 Å². The number of methoxy groups -OCH3 is 1. The van der Waals surface area contributed by atoms with Crippen molar-refractivity contribution in [3.8, 4) is 0 Å². The van der Waals surface area contributed by atoms with E-state index in [9.17, 15) is 0 Å².